The van der Waals surface area contributed by atoms with Gasteiger partial charge in [-0.2, -0.15) is 0 Å². The molecule has 2 rings (SSSR count). The Hall–Kier alpha value is -0.960. The zero-order valence-corrected chi connectivity index (χ0v) is 11.0. The maximum absolute atomic E-state index is 13.9. The first kappa shape index (κ1) is 13.5. The molecule has 1 N–H and O–H groups in total. The van der Waals surface area contributed by atoms with E-state index in [1.807, 2.05) is 6.92 Å². The second-order valence-corrected chi connectivity index (χ2v) is 5.25. The molecule has 3 unspecified atom stereocenters. The molecule has 1 aromatic carbocycles. The van der Waals surface area contributed by atoms with Gasteiger partial charge in [0.1, 0.15) is 0 Å². The van der Waals surface area contributed by atoms with Gasteiger partial charge in [-0.15, -0.1) is 0 Å². The van der Waals surface area contributed by atoms with Crippen molar-refractivity contribution in [3.8, 4) is 0 Å². The van der Waals surface area contributed by atoms with Crippen molar-refractivity contribution in [1.82, 2.24) is 5.32 Å². The van der Waals surface area contributed by atoms with Crippen LogP contribution in [0.15, 0.2) is 18.2 Å². The summed E-state index contributed by atoms with van der Waals surface area (Å²) >= 11 is 0. The molecule has 1 aliphatic carbocycles. The summed E-state index contributed by atoms with van der Waals surface area (Å²) in [5.41, 5.74) is 0.482. The fourth-order valence-corrected chi connectivity index (χ4v) is 3.14. The number of nitrogens with one attached hydrogen (secondary N) is 1. The Bertz CT molecular complexity index is 405. The molecule has 0 bridgehead atoms. The van der Waals surface area contributed by atoms with Crippen LogP contribution in [0.1, 0.15) is 44.7 Å². The lowest BCUT2D eigenvalue weighted by molar-refractivity contribution is 0.296. The van der Waals surface area contributed by atoms with E-state index in [0.717, 1.165) is 13.0 Å². The summed E-state index contributed by atoms with van der Waals surface area (Å²) in [6, 6.07) is 4.41. The second-order valence-electron chi connectivity index (χ2n) is 5.25. The molecule has 1 nitrogen and oxygen atoms in total. The molecule has 18 heavy (non-hydrogen) atoms. The van der Waals surface area contributed by atoms with Gasteiger partial charge in [-0.3, -0.25) is 0 Å². The molecule has 1 saturated carbocycles. The van der Waals surface area contributed by atoms with Crippen molar-refractivity contribution in [3.05, 3.63) is 35.4 Å². The fraction of sp³-hybridized carbons (Fsp3) is 0.600. The Morgan fingerprint density at radius 3 is 2.72 bits per heavy atom. The summed E-state index contributed by atoms with van der Waals surface area (Å²) in [4.78, 5) is 0. The van der Waals surface area contributed by atoms with E-state index >= 15 is 0 Å². The highest BCUT2D eigenvalue weighted by atomic mass is 19.2. The molecule has 3 atom stereocenters. The number of hydrogen-bond acceptors (Lipinski definition) is 1. The predicted octanol–water partition coefficient (Wildman–Crippen LogP) is 4.05. The van der Waals surface area contributed by atoms with E-state index in [9.17, 15) is 8.78 Å². The summed E-state index contributed by atoms with van der Waals surface area (Å²) in [5, 5.41) is 3.33. The van der Waals surface area contributed by atoms with Gasteiger partial charge < -0.3 is 5.32 Å². The average Bonchev–Trinajstić information content (AvgIpc) is 2.76. The summed E-state index contributed by atoms with van der Waals surface area (Å²) in [6.07, 6.45) is 3.46. The van der Waals surface area contributed by atoms with Gasteiger partial charge >= 0.3 is 0 Å². The Morgan fingerprint density at radius 2 is 2.11 bits per heavy atom. The Balaban J connectivity index is 2.31. The topological polar surface area (TPSA) is 12.0 Å². The third-order valence-corrected chi connectivity index (χ3v) is 4.10. The van der Waals surface area contributed by atoms with E-state index in [4.69, 9.17) is 0 Å². The van der Waals surface area contributed by atoms with E-state index in [1.54, 1.807) is 12.1 Å². The third-order valence-electron chi connectivity index (χ3n) is 4.10. The van der Waals surface area contributed by atoms with Crippen molar-refractivity contribution in [2.75, 3.05) is 6.54 Å². The monoisotopic (exact) mass is 253 g/mol. The second kappa shape index (κ2) is 5.79. The number of rotatable bonds is 4. The first-order chi connectivity index (χ1) is 8.65. The van der Waals surface area contributed by atoms with Crippen LogP contribution in [0.5, 0.6) is 0 Å². The Labute approximate surface area is 108 Å². The Kier molecular flexibility index (Phi) is 4.33. The van der Waals surface area contributed by atoms with Crippen molar-refractivity contribution < 1.29 is 8.78 Å². The Morgan fingerprint density at radius 1 is 1.33 bits per heavy atom. The van der Waals surface area contributed by atoms with Crippen LogP contribution in [0.2, 0.25) is 0 Å². The molecule has 0 amide bonds. The minimum absolute atomic E-state index is 0.0665. The lowest BCUT2D eigenvalue weighted by atomic mass is 9.85. The van der Waals surface area contributed by atoms with Gasteiger partial charge in [-0.05, 0) is 30.9 Å². The maximum Gasteiger partial charge on any atom is 0.163 e. The molecule has 1 aromatic rings. The van der Waals surface area contributed by atoms with Crippen LogP contribution in [-0.2, 0) is 0 Å². The van der Waals surface area contributed by atoms with Gasteiger partial charge in [0.05, 0.1) is 0 Å². The highest BCUT2D eigenvalue weighted by Crippen LogP contribution is 2.40. The molecule has 0 heterocycles. The summed E-state index contributed by atoms with van der Waals surface area (Å²) < 4.78 is 27.3. The summed E-state index contributed by atoms with van der Waals surface area (Å²) in [5.74, 6) is -0.471. The van der Waals surface area contributed by atoms with Gasteiger partial charge in [0.15, 0.2) is 11.6 Å². The molecular weight excluding hydrogens is 232 g/mol. The van der Waals surface area contributed by atoms with Gasteiger partial charge in [0, 0.05) is 11.6 Å². The zero-order valence-electron chi connectivity index (χ0n) is 11.0. The molecular formula is C15H21F2N. The predicted molar refractivity (Wildman–Crippen MR) is 69.3 cm³/mol. The van der Waals surface area contributed by atoms with Crippen molar-refractivity contribution >= 4 is 0 Å². The van der Waals surface area contributed by atoms with Gasteiger partial charge in [0.2, 0.25) is 0 Å². The van der Waals surface area contributed by atoms with Crippen LogP contribution in [-0.4, -0.2) is 6.54 Å². The van der Waals surface area contributed by atoms with Crippen LogP contribution in [0.4, 0.5) is 8.78 Å². The van der Waals surface area contributed by atoms with Crippen molar-refractivity contribution in [3.63, 3.8) is 0 Å². The minimum Gasteiger partial charge on any atom is -0.310 e. The van der Waals surface area contributed by atoms with Crippen LogP contribution < -0.4 is 5.32 Å². The maximum atomic E-state index is 13.9. The highest BCUT2D eigenvalue weighted by molar-refractivity contribution is 5.23. The molecule has 0 aromatic heterocycles. The SMILES string of the molecule is CCNC(c1cccc(F)c1F)C1CCCC1C. The third kappa shape index (κ3) is 2.56. The van der Waals surface area contributed by atoms with Gasteiger partial charge in [-0.25, -0.2) is 8.78 Å². The molecule has 1 aliphatic rings. The molecule has 100 valence electrons. The number of benzene rings is 1. The van der Waals surface area contributed by atoms with E-state index in [-0.39, 0.29) is 6.04 Å². The summed E-state index contributed by atoms with van der Waals surface area (Å²) in [6.45, 7) is 4.98. The van der Waals surface area contributed by atoms with Crippen molar-refractivity contribution in [1.29, 1.82) is 0 Å². The van der Waals surface area contributed by atoms with Crippen LogP contribution in [0.3, 0.4) is 0 Å². The van der Waals surface area contributed by atoms with Crippen molar-refractivity contribution in [2.45, 2.75) is 39.2 Å². The molecule has 0 spiro atoms. The first-order valence-corrected chi connectivity index (χ1v) is 6.82. The highest BCUT2D eigenvalue weighted by Gasteiger charge is 2.33. The zero-order chi connectivity index (χ0) is 13.1. The quantitative estimate of drug-likeness (QED) is 0.853. The number of halogens is 2. The summed E-state index contributed by atoms with van der Waals surface area (Å²) in [7, 11) is 0. The lowest BCUT2D eigenvalue weighted by Gasteiger charge is -2.28. The number of hydrogen-bond donors (Lipinski definition) is 1. The van der Waals surface area contributed by atoms with Gasteiger partial charge in [0.25, 0.3) is 0 Å². The fourth-order valence-electron chi connectivity index (χ4n) is 3.14. The molecule has 0 radical (unpaired) electrons. The van der Waals surface area contributed by atoms with Crippen LogP contribution in [0.25, 0.3) is 0 Å². The molecule has 0 aliphatic heterocycles. The molecule has 0 saturated heterocycles. The van der Waals surface area contributed by atoms with Crippen molar-refractivity contribution in [2.24, 2.45) is 11.8 Å². The van der Waals surface area contributed by atoms with E-state index in [0.29, 0.717) is 17.4 Å². The average molecular weight is 253 g/mol. The lowest BCUT2D eigenvalue weighted by Crippen LogP contribution is -2.30. The molecule has 3 heteroatoms. The minimum atomic E-state index is -0.749. The molecule has 1 fully saturated rings. The van der Waals surface area contributed by atoms with E-state index < -0.39 is 11.6 Å². The van der Waals surface area contributed by atoms with E-state index in [2.05, 4.69) is 12.2 Å². The normalized spacial score (nSPS) is 25.3. The first-order valence-electron chi connectivity index (χ1n) is 6.82. The standard InChI is InChI=1S/C15H21F2N/c1-3-18-15(11-7-4-6-10(11)2)12-8-5-9-13(16)14(12)17/h5,8-11,15,18H,3-4,6-7H2,1-2H3. The van der Waals surface area contributed by atoms with Gasteiger partial charge in [-0.1, -0.05) is 38.8 Å². The van der Waals surface area contributed by atoms with Crippen LogP contribution >= 0.6 is 0 Å². The van der Waals surface area contributed by atoms with Crippen LogP contribution in [0, 0.1) is 23.5 Å². The smallest absolute Gasteiger partial charge is 0.163 e. The van der Waals surface area contributed by atoms with E-state index in [1.165, 1.54) is 18.9 Å². The largest absolute Gasteiger partial charge is 0.310 e.